The molecule has 0 aromatic heterocycles. The van der Waals surface area contributed by atoms with Gasteiger partial charge in [-0.15, -0.1) is 0 Å². The lowest BCUT2D eigenvalue weighted by atomic mass is 10.2. The maximum absolute atomic E-state index is 2.18. The van der Waals surface area contributed by atoms with Gasteiger partial charge in [-0.05, 0) is 27.1 Å². The molecule has 100 valence electrons. The Labute approximate surface area is 113 Å². The van der Waals surface area contributed by atoms with Gasteiger partial charge in [-0.3, -0.25) is 0 Å². The molecular formula is C14H27ClN2. The van der Waals surface area contributed by atoms with Crippen molar-refractivity contribution < 1.29 is 17.3 Å². The van der Waals surface area contributed by atoms with E-state index in [0.29, 0.717) is 0 Å². The largest absolute Gasteiger partial charge is 1.00 e. The average Bonchev–Trinajstić information content (AvgIpc) is 2.18. The summed E-state index contributed by atoms with van der Waals surface area (Å²) in [5.41, 5.74) is 1.41. The summed E-state index contributed by atoms with van der Waals surface area (Å²) in [4.78, 5) is 3.64. The van der Waals surface area contributed by atoms with Crippen LogP contribution in [0.5, 0.6) is 0 Å². The SMILES string of the molecule is CCCN(C)C.C[NH+](C)Cc1ccccc1.[Cl-]. The monoisotopic (exact) mass is 258 g/mol. The van der Waals surface area contributed by atoms with Crippen LogP contribution < -0.4 is 17.3 Å². The molecule has 1 N–H and O–H groups in total. The maximum Gasteiger partial charge on any atom is 0.102 e. The van der Waals surface area contributed by atoms with E-state index in [2.05, 4.69) is 70.3 Å². The number of halogens is 1. The molecule has 0 unspecified atom stereocenters. The molecule has 1 rings (SSSR count). The number of benzene rings is 1. The number of rotatable bonds is 4. The molecule has 0 amide bonds. The van der Waals surface area contributed by atoms with Crippen LogP contribution in [0.2, 0.25) is 0 Å². The Morgan fingerprint density at radius 1 is 1.06 bits per heavy atom. The van der Waals surface area contributed by atoms with Crippen molar-refractivity contribution in [2.24, 2.45) is 0 Å². The highest BCUT2D eigenvalue weighted by Crippen LogP contribution is 1.94. The molecule has 0 radical (unpaired) electrons. The van der Waals surface area contributed by atoms with Crippen molar-refractivity contribution in [3.05, 3.63) is 35.9 Å². The first-order valence-corrected chi connectivity index (χ1v) is 6.04. The fourth-order valence-electron chi connectivity index (χ4n) is 1.45. The molecule has 3 heteroatoms. The molecule has 0 bridgehead atoms. The Morgan fingerprint density at radius 3 is 1.88 bits per heavy atom. The topological polar surface area (TPSA) is 7.68 Å². The van der Waals surface area contributed by atoms with Gasteiger partial charge in [0.15, 0.2) is 0 Å². The number of nitrogens with one attached hydrogen (secondary N) is 1. The Morgan fingerprint density at radius 2 is 1.59 bits per heavy atom. The smallest absolute Gasteiger partial charge is 0.102 e. The summed E-state index contributed by atoms with van der Waals surface area (Å²) >= 11 is 0. The fraction of sp³-hybridized carbons (Fsp3) is 0.571. The summed E-state index contributed by atoms with van der Waals surface area (Å²) in [6.45, 7) is 4.50. The molecule has 17 heavy (non-hydrogen) atoms. The maximum atomic E-state index is 2.18. The Kier molecular flexibility index (Phi) is 13.2. The molecule has 0 aliphatic carbocycles. The van der Waals surface area contributed by atoms with Gasteiger partial charge in [-0.2, -0.15) is 0 Å². The van der Waals surface area contributed by atoms with Gasteiger partial charge in [-0.25, -0.2) is 0 Å². The first kappa shape index (κ1) is 18.8. The molecule has 0 atom stereocenters. The van der Waals surface area contributed by atoms with E-state index < -0.39 is 0 Å². The molecule has 0 spiro atoms. The minimum absolute atomic E-state index is 0. The summed E-state index contributed by atoms with van der Waals surface area (Å²) in [5, 5.41) is 0. The molecule has 0 heterocycles. The minimum Gasteiger partial charge on any atom is -1.00 e. The second-order valence-electron chi connectivity index (χ2n) is 4.67. The highest BCUT2D eigenvalue weighted by atomic mass is 35.5. The number of quaternary nitrogens is 1. The number of nitrogens with zero attached hydrogens (tertiary/aromatic N) is 1. The average molecular weight is 259 g/mol. The van der Waals surface area contributed by atoms with Gasteiger partial charge in [0, 0.05) is 5.56 Å². The Balaban J connectivity index is 0. The molecule has 0 saturated carbocycles. The normalized spacial score (nSPS) is 9.59. The molecular weight excluding hydrogens is 232 g/mol. The lowest BCUT2D eigenvalue weighted by Gasteiger charge is -2.05. The van der Waals surface area contributed by atoms with E-state index >= 15 is 0 Å². The molecule has 2 nitrogen and oxygen atoms in total. The number of hydrogen-bond acceptors (Lipinski definition) is 1. The van der Waals surface area contributed by atoms with E-state index in [1.165, 1.54) is 23.4 Å². The van der Waals surface area contributed by atoms with Crippen molar-refractivity contribution >= 4 is 0 Å². The van der Waals surface area contributed by atoms with Crippen LogP contribution in [-0.4, -0.2) is 39.6 Å². The molecule has 0 fully saturated rings. The quantitative estimate of drug-likeness (QED) is 0.676. The molecule has 0 aliphatic heterocycles. The van der Waals surface area contributed by atoms with E-state index in [1.54, 1.807) is 0 Å². The van der Waals surface area contributed by atoms with Crippen LogP contribution in [0, 0.1) is 0 Å². The van der Waals surface area contributed by atoms with Crippen LogP contribution >= 0.6 is 0 Å². The van der Waals surface area contributed by atoms with Gasteiger partial charge in [0.05, 0.1) is 14.1 Å². The predicted octanol–water partition coefficient (Wildman–Crippen LogP) is -1.71. The highest BCUT2D eigenvalue weighted by molar-refractivity contribution is 5.12. The second-order valence-corrected chi connectivity index (χ2v) is 4.67. The first-order valence-electron chi connectivity index (χ1n) is 6.04. The lowest BCUT2D eigenvalue weighted by molar-refractivity contribution is -0.872. The van der Waals surface area contributed by atoms with Gasteiger partial charge in [0.2, 0.25) is 0 Å². The molecule has 1 aromatic rings. The van der Waals surface area contributed by atoms with Crippen molar-refractivity contribution in [1.29, 1.82) is 0 Å². The van der Waals surface area contributed by atoms with E-state index in [4.69, 9.17) is 0 Å². The van der Waals surface area contributed by atoms with Gasteiger partial charge >= 0.3 is 0 Å². The summed E-state index contributed by atoms with van der Waals surface area (Å²) in [5.74, 6) is 0. The third-order valence-corrected chi connectivity index (χ3v) is 2.07. The Bertz CT molecular complexity index is 248. The lowest BCUT2D eigenvalue weighted by Crippen LogP contribution is -3.04. The standard InChI is InChI=1S/C9H13N.C5H13N.ClH/c1-10(2)8-9-6-4-3-5-7-9;1-4-5-6(2)3;/h3-7H,8H2,1-2H3;4-5H2,1-3H3;1H. The van der Waals surface area contributed by atoms with Gasteiger partial charge in [0.25, 0.3) is 0 Å². The van der Waals surface area contributed by atoms with Crippen LogP contribution in [0.1, 0.15) is 18.9 Å². The minimum atomic E-state index is 0. The van der Waals surface area contributed by atoms with E-state index in [0.717, 1.165) is 6.54 Å². The predicted molar refractivity (Wildman–Crippen MR) is 71.8 cm³/mol. The summed E-state index contributed by atoms with van der Waals surface area (Å²) < 4.78 is 0. The summed E-state index contributed by atoms with van der Waals surface area (Å²) in [6.07, 6.45) is 1.26. The zero-order valence-corrected chi connectivity index (χ0v) is 12.6. The zero-order valence-electron chi connectivity index (χ0n) is 11.8. The van der Waals surface area contributed by atoms with Crippen molar-refractivity contribution in [3.63, 3.8) is 0 Å². The van der Waals surface area contributed by atoms with Crippen molar-refractivity contribution in [1.82, 2.24) is 4.90 Å². The van der Waals surface area contributed by atoms with E-state index in [9.17, 15) is 0 Å². The first-order chi connectivity index (χ1) is 7.56. The molecule has 0 saturated heterocycles. The summed E-state index contributed by atoms with van der Waals surface area (Å²) in [6, 6.07) is 10.5. The van der Waals surface area contributed by atoms with Gasteiger partial charge in [-0.1, -0.05) is 37.3 Å². The van der Waals surface area contributed by atoms with Crippen LogP contribution in [0.4, 0.5) is 0 Å². The molecule has 0 aliphatic rings. The van der Waals surface area contributed by atoms with E-state index in [-0.39, 0.29) is 12.4 Å². The summed E-state index contributed by atoms with van der Waals surface area (Å²) in [7, 11) is 8.49. The van der Waals surface area contributed by atoms with E-state index in [1.807, 2.05) is 0 Å². The van der Waals surface area contributed by atoms with Crippen LogP contribution in [0.15, 0.2) is 30.3 Å². The van der Waals surface area contributed by atoms with Crippen molar-refractivity contribution in [3.8, 4) is 0 Å². The molecule has 1 aromatic carbocycles. The second kappa shape index (κ2) is 11.9. The highest BCUT2D eigenvalue weighted by Gasteiger charge is 1.93. The van der Waals surface area contributed by atoms with Crippen LogP contribution in [0.3, 0.4) is 0 Å². The third-order valence-electron chi connectivity index (χ3n) is 2.07. The fourth-order valence-corrected chi connectivity index (χ4v) is 1.45. The van der Waals surface area contributed by atoms with Gasteiger partial charge in [0.1, 0.15) is 6.54 Å². The van der Waals surface area contributed by atoms with Crippen LogP contribution in [0.25, 0.3) is 0 Å². The third kappa shape index (κ3) is 13.4. The van der Waals surface area contributed by atoms with Crippen LogP contribution in [-0.2, 0) is 6.54 Å². The number of hydrogen-bond donors (Lipinski definition) is 1. The van der Waals surface area contributed by atoms with Crippen molar-refractivity contribution in [2.75, 3.05) is 34.7 Å². The van der Waals surface area contributed by atoms with Crippen molar-refractivity contribution in [2.45, 2.75) is 19.9 Å². The van der Waals surface area contributed by atoms with Gasteiger partial charge < -0.3 is 22.2 Å². The zero-order chi connectivity index (χ0) is 12.4. The Hall–Kier alpha value is -0.570.